The van der Waals surface area contributed by atoms with Crippen LogP contribution in [0, 0.1) is 11.3 Å². The van der Waals surface area contributed by atoms with E-state index in [1.54, 1.807) is 16.8 Å². The minimum Gasteiger partial charge on any atom is -0.367 e. The number of carbonyl (C=O) groups excluding carboxylic acids is 1. The van der Waals surface area contributed by atoms with E-state index in [1.807, 2.05) is 29.3 Å². The number of piperazine rings is 1. The molecule has 2 aliphatic heterocycles. The molecule has 2 bridgehead atoms. The van der Waals surface area contributed by atoms with Gasteiger partial charge in [0.25, 0.3) is 0 Å². The molecule has 2 fully saturated rings. The summed E-state index contributed by atoms with van der Waals surface area (Å²) in [6, 6.07) is 10.1. The molecular weight excluding hydrogens is 382 g/mol. The van der Waals surface area contributed by atoms with Gasteiger partial charge in [0.2, 0.25) is 5.91 Å². The first kappa shape index (κ1) is 18.5. The highest BCUT2D eigenvalue weighted by atomic mass is 16.5. The van der Waals surface area contributed by atoms with Gasteiger partial charge in [0.05, 0.1) is 12.2 Å². The van der Waals surface area contributed by atoms with Crippen molar-refractivity contribution in [2.45, 2.75) is 31.5 Å². The van der Waals surface area contributed by atoms with E-state index in [1.165, 1.54) is 6.33 Å². The number of aromatic nitrogens is 4. The maximum atomic E-state index is 12.7. The maximum absolute atomic E-state index is 12.7. The van der Waals surface area contributed by atoms with E-state index in [-0.39, 0.29) is 24.6 Å². The summed E-state index contributed by atoms with van der Waals surface area (Å²) >= 11 is 0. The van der Waals surface area contributed by atoms with E-state index in [9.17, 15) is 4.79 Å². The number of ether oxygens (including phenoxy) is 1. The van der Waals surface area contributed by atoms with E-state index in [4.69, 9.17) is 10.00 Å². The van der Waals surface area contributed by atoms with Crippen molar-refractivity contribution in [2.75, 3.05) is 24.6 Å². The van der Waals surface area contributed by atoms with Crippen LogP contribution >= 0.6 is 0 Å². The molecule has 0 spiro atoms. The zero-order valence-corrected chi connectivity index (χ0v) is 16.4. The zero-order chi connectivity index (χ0) is 20.5. The Morgan fingerprint density at radius 2 is 2.03 bits per heavy atom. The quantitative estimate of drug-likeness (QED) is 0.635. The van der Waals surface area contributed by atoms with E-state index < -0.39 is 0 Å². The topological polar surface area (TPSA) is 99.7 Å². The van der Waals surface area contributed by atoms with Crippen molar-refractivity contribution in [3.05, 3.63) is 54.1 Å². The number of likely N-dealkylation sites (tertiary alicyclic amines) is 1. The van der Waals surface area contributed by atoms with Crippen molar-refractivity contribution >= 4 is 17.4 Å². The van der Waals surface area contributed by atoms with E-state index in [0.717, 1.165) is 29.9 Å². The smallest absolute Gasteiger partial charge is 0.248 e. The Morgan fingerprint density at radius 3 is 2.77 bits per heavy atom. The second-order valence-corrected chi connectivity index (χ2v) is 7.66. The number of fused-ring (bicyclic) bond motifs is 3. The van der Waals surface area contributed by atoms with Crippen LogP contribution < -0.4 is 4.90 Å². The van der Waals surface area contributed by atoms with Gasteiger partial charge in [-0.15, -0.1) is 0 Å². The molecule has 5 rings (SSSR count). The van der Waals surface area contributed by atoms with Gasteiger partial charge >= 0.3 is 0 Å². The summed E-state index contributed by atoms with van der Waals surface area (Å²) in [5.41, 5.74) is 2.20. The fraction of sp³-hybridized carbons (Fsp3) is 0.381. The van der Waals surface area contributed by atoms with Crippen LogP contribution in [0.2, 0.25) is 0 Å². The van der Waals surface area contributed by atoms with Gasteiger partial charge in [-0.2, -0.15) is 10.4 Å². The molecule has 5 heterocycles. The van der Waals surface area contributed by atoms with Gasteiger partial charge < -0.3 is 14.5 Å². The second-order valence-electron chi connectivity index (χ2n) is 7.66. The summed E-state index contributed by atoms with van der Waals surface area (Å²) in [5, 5.41) is 13.1. The van der Waals surface area contributed by atoms with Crippen LogP contribution in [0.3, 0.4) is 0 Å². The highest BCUT2D eigenvalue weighted by Crippen LogP contribution is 2.33. The first-order chi connectivity index (χ1) is 14.7. The average Bonchev–Trinajstić information content (AvgIpc) is 3.36. The number of hydrogen-bond donors (Lipinski definition) is 0. The summed E-state index contributed by atoms with van der Waals surface area (Å²) < 4.78 is 7.40. The zero-order valence-electron chi connectivity index (χ0n) is 16.4. The minimum atomic E-state index is 0.00718. The van der Waals surface area contributed by atoms with Crippen LogP contribution in [0.1, 0.15) is 24.0 Å². The van der Waals surface area contributed by atoms with Crippen LogP contribution in [0.25, 0.3) is 5.65 Å². The van der Waals surface area contributed by atoms with Crippen LogP contribution in [0.5, 0.6) is 0 Å². The summed E-state index contributed by atoms with van der Waals surface area (Å²) in [5.74, 6) is 0.888. The number of nitrogens with zero attached hydrogens (tertiary/aromatic N) is 7. The molecule has 0 N–H and O–H groups in total. The standard InChI is InChI=1S/C21H21N7O2/c22-8-15-3-6-19(23-9-15)28-17-4-5-18(28)11-26(10-17)20(29)13-30-12-16-2-1-7-27-21(16)24-14-25-27/h1-3,6-7,9,14,17-18H,4-5,10-13H2. The van der Waals surface area contributed by atoms with Crippen molar-refractivity contribution in [3.8, 4) is 6.07 Å². The Balaban J connectivity index is 1.19. The van der Waals surface area contributed by atoms with Crippen molar-refractivity contribution in [3.63, 3.8) is 0 Å². The van der Waals surface area contributed by atoms with Crippen molar-refractivity contribution in [1.29, 1.82) is 5.26 Å². The molecule has 2 aliphatic rings. The van der Waals surface area contributed by atoms with Gasteiger partial charge in [0, 0.05) is 43.1 Å². The third-order valence-corrected chi connectivity index (χ3v) is 5.84. The molecule has 0 aromatic carbocycles. The molecule has 3 aromatic rings. The number of anilines is 1. The number of amides is 1. The fourth-order valence-electron chi connectivity index (χ4n) is 4.44. The SMILES string of the molecule is N#Cc1ccc(N2C3CCC2CN(C(=O)COCc2cccn4ncnc24)C3)nc1. The molecule has 9 heteroatoms. The summed E-state index contributed by atoms with van der Waals surface area (Å²) in [4.78, 5) is 25.6. The molecule has 152 valence electrons. The van der Waals surface area contributed by atoms with Gasteiger partial charge in [0.15, 0.2) is 5.65 Å². The lowest BCUT2D eigenvalue weighted by molar-refractivity contribution is -0.137. The van der Waals surface area contributed by atoms with Crippen LogP contribution in [-0.2, 0) is 16.1 Å². The van der Waals surface area contributed by atoms with Crippen LogP contribution in [0.4, 0.5) is 5.82 Å². The number of rotatable bonds is 5. The highest BCUT2D eigenvalue weighted by molar-refractivity contribution is 5.78. The molecule has 2 saturated heterocycles. The lowest BCUT2D eigenvalue weighted by Gasteiger charge is -2.41. The Kier molecular flexibility index (Phi) is 4.77. The second kappa shape index (κ2) is 7.72. The molecule has 2 unspecified atom stereocenters. The van der Waals surface area contributed by atoms with Gasteiger partial charge in [-0.3, -0.25) is 4.79 Å². The molecule has 3 aromatic heterocycles. The summed E-state index contributed by atoms with van der Waals surface area (Å²) in [6.45, 7) is 1.70. The first-order valence-corrected chi connectivity index (χ1v) is 10.00. The van der Waals surface area contributed by atoms with Crippen molar-refractivity contribution in [2.24, 2.45) is 0 Å². The third kappa shape index (κ3) is 3.35. The maximum Gasteiger partial charge on any atom is 0.248 e. The minimum absolute atomic E-state index is 0.00718. The normalized spacial score (nSPS) is 20.5. The predicted molar refractivity (Wildman–Crippen MR) is 107 cm³/mol. The third-order valence-electron chi connectivity index (χ3n) is 5.84. The molecule has 2 atom stereocenters. The lowest BCUT2D eigenvalue weighted by atomic mass is 10.1. The Morgan fingerprint density at radius 1 is 1.20 bits per heavy atom. The molecular formula is C21H21N7O2. The summed E-state index contributed by atoms with van der Waals surface area (Å²) in [7, 11) is 0. The largest absolute Gasteiger partial charge is 0.367 e. The van der Waals surface area contributed by atoms with Gasteiger partial charge in [0.1, 0.15) is 24.8 Å². The van der Waals surface area contributed by atoms with Gasteiger partial charge in [-0.05, 0) is 31.0 Å². The summed E-state index contributed by atoms with van der Waals surface area (Å²) in [6.07, 6.45) is 7.00. The molecule has 1 amide bonds. The Hall–Kier alpha value is -3.51. The van der Waals surface area contributed by atoms with Gasteiger partial charge in [-0.25, -0.2) is 14.5 Å². The Labute approximate surface area is 173 Å². The first-order valence-electron chi connectivity index (χ1n) is 10.00. The average molecular weight is 403 g/mol. The van der Waals surface area contributed by atoms with Gasteiger partial charge in [-0.1, -0.05) is 6.07 Å². The number of hydrogen-bond acceptors (Lipinski definition) is 7. The number of pyridine rings is 2. The molecule has 30 heavy (non-hydrogen) atoms. The predicted octanol–water partition coefficient (Wildman–Crippen LogP) is 1.39. The molecule has 0 aliphatic carbocycles. The van der Waals surface area contributed by atoms with E-state index >= 15 is 0 Å². The molecule has 9 nitrogen and oxygen atoms in total. The van der Waals surface area contributed by atoms with E-state index in [2.05, 4.69) is 26.0 Å². The molecule has 0 radical (unpaired) electrons. The van der Waals surface area contributed by atoms with Crippen LogP contribution in [0.15, 0.2) is 43.0 Å². The van der Waals surface area contributed by atoms with Crippen LogP contribution in [-0.4, -0.2) is 62.2 Å². The lowest BCUT2D eigenvalue weighted by Crippen LogP contribution is -2.56. The fourth-order valence-corrected chi connectivity index (χ4v) is 4.44. The van der Waals surface area contributed by atoms with Crippen molar-refractivity contribution in [1.82, 2.24) is 24.5 Å². The molecule has 0 saturated carbocycles. The Bertz CT molecular complexity index is 1090. The highest BCUT2D eigenvalue weighted by Gasteiger charge is 2.41. The van der Waals surface area contributed by atoms with Crippen molar-refractivity contribution < 1.29 is 9.53 Å². The number of carbonyl (C=O) groups is 1. The monoisotopic (exact) mass is 403 g/mol. The number of nitriles is 1. The van der Waals surface area contributed by atoms with E-state index in [0.29, 0.717) is 25.3 Å².